The van der Waals surface area contributed by atoms with Gasteiger partial charge in [-0.3, -0.25) is 4.79 Å². The monoisotopic (exact) mass is 368 g/mol. The van der Waals surface area contributed by atoms with Crippen molar-refractivity contribution in [2.75, 3.05) is 14.2 Å². The van der Waals surface area contributed by atoms with Crippen LogP contribution in [0, 0.1) is 6.92 Å². The molecule has 3 rings (SSSR count). The van der Waals surface area contributed by atoms with Crippen LogP contribution in [-0.2, 0) is 9.53 Å². The third kappa shape index (κ3) is 3.51. The summed E-state index contributed by atoms with van der Waals surface area (Å²) < 4.78 is 21.5. The molecule has 6 nitrogen and oxygen atoms in total. The van der Waals surface area contributed by atoms with Crippen molar-refractivity contribution in [3.8, 4) is 22.6 Å². The fourth-order valence-corrected chi connectivity index (χ4v) is 2.94. The quantitative estimate of drug-likeness (QED) is 0.639. The molecule has 0 saturated heterocycles. The smallest absolute Gasteiger partial charge is 0.346 e. The normalized spacial score (nSPS) is 11.9. The summed E-state index contributed by atoms with van der Waals surface area (Å²) in [6.45, 7) is 3.31. The van der Waals surface area contributed by atoms with Crippen LogP contribution < -0.4 is 14.9 Å². The van der Waals surface area contributed by atoms with Crippen LogP contribution in [0.2, 0.25) is 0 Å². The van der Waals surface area contributed by atoms with Crippen LogP contribution in [0.4, 0.5) is 0 Å². The molecule has 0 spiro atoms. The molecule has 1 heterocycles. The number of hydrogen-bond acceptors (Lipinski definition) is 6. The summed E-state index contributed by atoms with van der Waals surface area (Å²) in [7, 11) is 2.85. The first-order chi connectivity index (χ1) is 13.0. The Morgan fingerprint density at radius 1 is 1.11 bits per heavy atom. The van der Waals surface area contributed by atoms with Gasteiger partial charge in [-0.1, -0.05) is 18.2 Å². The Morgan fingerprint density at radius 3 is 2.56 bits per heavy atom. The van der Waals surface area contributed by atoms with E-state index in [9.17, 15) is 9.59 Å². The lowest BCUT2D eigenvalue weighted by molar-refractivity contribution is -0.147. The number of para-hydroxylation sites is 1. The van der Waals surface area contributed by atoms with Crippen LogP contribution in [-0.4, -0.2) is 26.3 Å². The highest BCUT2D eigenvalue weighted by Crippen LogP contribution is 2.32. The van der Waals surface area contributed by atoms with Gasteiger partial charge in [-0.15, -0.1) is 0 Å². The average Bonchev–Trinajstić information content (AvgIpc) is 2.67. The van der Waals surface area contributed by atoms with Crippen LogP contribution in [0.5, 0.6) is 11.5 Å². The van der Waals surface area contributed by atoms with Gasteiger partial charge in [0.25, 0.3) is 0 Å². The minimum absolute atomic E-state index is 0.161. The van der Waals surface area contributed by atoms with Crippen molar-refractivity contribution in [2.24, 2.45) is 0 Å². The number of fused-ring (bicyclic) bond motifs is 1. The highest BCUT2D eigenvalue weighted by atomic mass is 16.6. The van der Waals surface area contributed by atoms with Crippen LogP contribution >= 0.6 is 0 Å². The second-order valence-corrected chi connectivity index (χ2v) is 6.00. The number of methoxy groups -OCH3 is 2. The van der Waals surface area contributed by atoms with Crippen LogP contribution in [0.15, 0.2) is 51.7 Å². The minimum Gasteiger partial charge on any atom is -0.496 e. The number of esters is 1. The number of rotatable bonds is 5. The third-order valence-electron chi connectivity index (χ3n) is 4.26. The van der Waals surface area contributed by atoms with Crippen molar-refractivity contribution >= 4 is 16.9 Å². The number of carbonyl (C=O) groups is 1. The summed E-state index contributed by atoms with van der Waals surface area (Å²) in [5, 5.41) is 0.416. The maximum atomic E-state index is 13.1. The molecule has 2 aromatic carbocycles. The summed E-state index contributed by atoms with van der Waals surface area (Å²) in [5.74, 6) is 0.988. The van der Waals surface area contributed by atoms with Crippen molar-refractivity contribution in [3.05, 3.63) is 58.4 Å². The van der Waals surface area contributed by atoms with Crippen LogP contribution in [0.25, 0.3) is 22.1 Å². The van der Waals surface area contributed by atoms with Crippen molar-refractivity contribution in [1.82, 2.24) is 0 Å². The van der Waals surface area contributed by atoms with E-state index in [4.69, 9.17) is 13.9 Å². The van der Waals surface area contributed by atoms with Gasteiger partial charge in [-0.25, -0.2) is 4.79 Å². The molecule has 1 aromatic heterocycles. The predicted octanol–water partition coefficient (Wildman–Crippen LogP) is 3.72. The Morgan fingerprint density at radius 2 is 1.85 bits per heavy atom. The third-order valence-corrected chi connectivity index (χ3v) is 4.26. The Labute approximate surface area is 156 Å². The van der Waals surface area contributed by atoms with Gasteiger partial charge in [0.05, 0.1) is 25.2 Å². The second kappa shape index (κ2) is 7.53. The molecule has 0 fully saturated rings. The molecule has 0 aliphatic heterocycles. The van der Waals surface area contributed by atoms with Gasteiger partial charge in [0, 0.05) is 11.6 Å². The standard InChI is InChI=1S/C21H20O6/c1-12-19(15-7-5-6-8-17(15)24-3)20(22)16-10-9-14(11-18(16)27-12)26-13(2)21(23)25-4/h5-11,13H,1-4H3. The molecule has 1 unspecified atom stereocenters. The topological polar surface area (TPSA) is 75.0 Å². The predicted molar refractivity (Wildman–Crippen MR) is 101 cm³/mol. The number of ether oxygens (including phenoxy) is 3. The van der Waals surface area contributed by atoms with E-state index >= 15 is 0 Å². The molecule has 0 aliphatic carbocycles. The van der Waals surface area contributed by atoms with E-state index in [1.807, 2.05) is 18.2 Å². The minimum atomic E-state index is -0.770. The molecular weight excluding hydrogens is 348 g/mol. The number of aryl methyl sites for hydroxylation is 1. The first-order valence-electron chi connectivity index (χ1n) is 8.41. The average molecular weight is 368 g/mol. The Balaban J connectivity index is 2.10. The summed E-state index contributed by atoms with van der Waals surface area (Å²) in [6, 6.07) is 12.1. The number of hydrogen-bond donors (Lipinski definition) is 0. The van der Waals surface area contributed by atoms with Crippen molar-refractivity contribution in [2.45, 2.75) is 20.0 Å². The molecule has 1 atom stereocenters. The van der Waals surface area contributed by atoms with Crippen molar-refractivity contribution < 1.29 is 23.4 Å². The van der Waals surface area contributed by atoms with E-state index in [0.717, 1.165) is 0 Å². The summed E-state index contributed by atoms with van der Waals surface area (Å²) in [4.78, 5) is 24.6. The van der Waals surface area contributed by atoms with Gasteiger partial charge in [0.1, 0.15) is 22.8 Å². The highest BCUT2D eigenvalue weighted by molar-refractivity contribution is 5.85. The summed E-state index contributed by atoms with van der Waals surface area (Å²) >= 11 is 0. The molecule has 27 heavy (non-hydrogen) atoms. The van der Waals surface area contributed by atoms with Gasteiger partial charge >= 0.3 is 5.97 Å². The molecule has 0 saturated carbocycles. The van der Waals surface area contributed by atoms with E-state index in [2.05, 4.69) is 4.74 Å². The largest absolute Gasteiger partial charge is 0.496 e. The zero-order valence-electron chi connectivity index (χ0n) is 15.6. The maximum absolute atomic E-state index is 13.1. The van der Waals surface area contributed by atoms with Gasteiger partial charge in [0.15, 0.2) is 6.10 Å². The van der Waals surface area contributed by atoms with Crippen LogP contribution in [0.1, 0.15) is 12.7 Å². The van der Waals surface area contributed by atoms with Crippen molar-refractivity contribution in [1.29, 1.82) is 0 Å². The fourth-order valence-electron chi connectivity index (χ4n) is 2.94. The Bertz CT molecular complexity index is 1050. The molecule has 3 aromatic rings. The highest BCUT2D eigenvalue weighted by Gasteiger charge is 2.19. The lowest BCUT2D eigenvalue weighted by Crippen LogP contribution is -2.24. The van der Waals surface area contributed by atoms with Gasteiger partial charge in [-0.05, 0) is 32.0 Å². The Kier molecular flexibility index (Phi) is 5.16. The van der Waals surface area contributed by atoms with E-state index in [1.54, 1.807) is 45.2 Å². The zero-order valence-corrected chi connectivity index (χ0v) is 15.6. The van der Waals surface area contributed by atoms with E-state index in [0.29, 0.717) is 39.4 Å². The first-order valence-corrected chi connectivity index (χ1v) is 8.41. The SMILES string of the molecule is COC(=O)C(C)Oc1ccc2c(=O)c(-c3ccccc3OC)c(C)oc2c1. The fraction of sp³-hybridized carbons (Fsp3) is 0.238. The first kappa shape index (κ1) is 18.5. The Hall–Kier alpha value is -3.28. The second-order valence-electron chi connectivity index (χ2n) is 6.00. The van der Waals surface area contributed by atoms with Gasteiger partial charge in [-0.2, -0.15) is 0 Å². The molecule has 140 valence electrons. The molecule has 6 heteroatoms. The number of carbonyl (C=O) groups excluding carboxylic acids is 1. The summed E-state index contributed by atoms with van der Waals surface area (Å²) in [5.41, 5.74) is 1.35. The molecular formula is C21H20O6. The lowest BCUT2D eigenvalue weighted by atomic mass is 10.0. The van der Waals surface area contributed by atoms with Gasteiger partial charge in [0.2, 0.25) is 5.43 Å². The van der Waals surface area contributed by atoms with Crippen molar-refractivity contribution in [3.63, 3.8) is 0 Å². The maximum Gasteiger partial charge on any atom is 0.346 e. The van der Waals surface area contributed by atoms with E-state index in [1.165, 1.54) is 7.11 Å². The zero-order chi connectivity index (χ0) is 19.6. The van der Waals surface area contributed by atoms with E-state index in [-0.39, 0.29) is 5.43 Å². The number of benzene rings is 2. The summed E-state index contributed by atoms with van der Waals surface area (Å²) in [6.07, 6.45) is -0.770. The van der Waals surface area contributed by atoms with Crippen LogP contribution in [0.3, 0.4) is 0 Å². The van der Waals surface area contributed by atoms with Gasteiger partial charge < -0.3 is 18.6 Å². The lowest BCUT2D eigenvalue weighted by Gasteiger charge is -2.14. The molecule has 0 amide bonds. The molecule has 0 radical (unpaired) electrons. The molecule has 0 bridgehead atoms. The molecule has 0 aliphatic rings. The van der Waals surface area contributed by atoms with E-state index < -0.39 is 12.1 Å². The molecule has 0 N–H and O–H groups in total.